The monoisotopic (exact) mass is 778 g/mol. The first-order valence-corrected chi connectivity index (χ1v) is 24.2. The van der Waals surface area contributed by atoms with Gasteiger partial charge in [-0.1, -0.05) is 37.8 Å². The van der Waals surface area contributed by atoms with E-state index in [1.165, 1.54) is 18.5 Å². The molecule has 0 aliphatic rings. The van der Waals surface area contributed by atoms with Gasteiger partial charge in [-0.3, -0.25) is 14.1 Å². The Labute approximate surface area is 308 Å². The fourth-order valence-corrected chi connectivity index (χ4v) is 7.70. The summed E-state index contributed by atoms with van der Waals surface area (Å²) in [7, 11) is -9.10. The number of anilines is 2. The molecule has 0 saturated heterocycles. The standard InChI is InChI=1S/C35H42N8O7S2Si/c1-23-13-14-42-31(23)35(44)43(27-11-9-8-10-12-27)33(39-42)24(2)38-32-30-29(20-41(34(30)37-21-36-32)22-49-15-16-53(5,6)7)25-17-26(40-51(3,45)46)19-28(18-25)50-52(4,47)48/h8-14,17-21,24,40H,15-16,22H2,1-7H3,(H,36,37,38). The summed E-state index contributed by atoms with van der Waals surface area (Å²) in [5.74, 6) is 0.688. The lowest BCUT2D eigenvalue weighted by Gasteiger charge is -2.20. The number of sulfonamides is 1. The minimum absolute atomic E-state index is 0.0852. The largest absolute Gasteiger partial charge is 0.383 e. The van der Waals surface area contributed by atoms with Crippen LogP contribution in [-0.2, 0) is 31.6 Å². The smallest absolute Gasteiger partial charge is 0.306 e. The molecule has 2 N–H and O–H groups in total. The molecule has 0 spiro atoms. The molecule has 280 valence electrons. The summed E-state index contributed by atoms with van der Waals surface area (Å²) in [6.45, 7) is 11.2. The Kier molecular flexibility index (Phi) is 10.3. The van der Waals surface area contributed by atoms with Crippen molar-refractivity contribution in [3.63, 3.8) is 0 Å². The molecule has 6 aromatic rings. The summed E-state index contributed by atoms with van der Waals surface area (Å²) < 4.78 is 67.6. The number of fused-ring (bicyclic) bond motifs is 2. The van der Waals surface area contributed by atoms with Crippen LogP contribution in [0, 0.1) is 6.92 Å². The topological polar surface area (TPSA) is 181 Å². The van der Waals surface area contributed by atoms with Crippen molar-refractivity contribution >= 4 is 56.3 Å². The molecule has 18 heteroatoms. The van der Waals surface area contributed by atoms with Crippen molar-refractivity contribution in [3.05, 3.63) is 95.1 Å². The molecule has 0 aliphatic carbocycles. The van der Waals surface area contributed by atoms with Gasteiger partial charge >= 0.3 is 10.1 Å². The molecule has 6 rings (SSSR count). The minimum atomic E-state index is -3.97. The van der Waals surface area contributed by atoms with Crippen molar-refractivity contribution in [2.45, 2.75) is 52.3 Å². The van der Waals surface area contributed by atoms with E-state index in [4.69, 9.17) is 14.0 Å². The maximum absolute atomic E-state index is 14.0. The number of aryl methyl sites for hydroxylation is 1. The summed E-state index contributed by atoms with van der Waals surface area (Å²) in [6.07, 6.45) is 6.84. The molecule has 1 atom stereocenters. The van der Waals surface area contributed by atoms with Crippen molar-refractivity contribution in [1.29, 1.82) is 0 Å². The van der Waals surface area contributed by atoms with Crippen LogP contribution < -0.4 is 19.8 Å². The molecule has 0 aliphatic heterocycles. The van der Waals surface area contributed by atoms with Crippen molar-refractivity contribution in [3.8, 4) is 22.6 Å². The first kappa shape index (κ1) is 37.7. The Morgan fingerprint density at radius 1 is 0.981 bits per heavy atom. The zero-order chi connectivity index (χ0) is 38.3. The molecular weight excluding hydrogens is 737 g/mol. The van der Waals surface area contributed by atoms with Gasteiger partial charge in [0.2, 0.25) is 10.0 Å². The normalized spacial score (nSPS) is 13.0. The van der Waals surface area contributed by atoms with E-state index in [1.807, 2.05) is 54.8 Å². The molecule has 0 bridgehead atoms. The third-order valence-electron chi connectivity index (χ3n) is 8.32. The lowest BCUT2D eigenvalue weighted by molar-refractivity contribution is 0.0899. The zero-order valence-corrected chi connectivity index (χ0v) is 33.1. The van der Waals surface area contributed by atoms with Crippen LogP contribution in [0.3, 0.4) is 0 Å². The number of nitrogens with one attached hydrogen (secondary N) is 2. The number of hydrogen-bond acceptors (Lipinski definition) is 11. The summed E-state index contributed by atoms with van der Waals surface area (Å²) in [4.78, 5) is 23.3. The SMILES string of the molecule is Cc1ccn2nc(C(C)Nc3ncnc4c3c(-c3cc(NS(C)(=O)=O)cc(OS(C)(=O)=O)c3)cn4COCC[Si](C)(C)C)n(-c3ccccc3)c(=O)c12. The lowest BCUT2D eigenvalue weighted by Crippen LogP contribution is -2.29. The summed E-state index contributed by atoms with van der Waals surface area (Å²) in [6, 6.07) is 15.8. The van der Waals surface area contributed by atoms with Gasteiger partial charge in [0.1, 0.15) is 35.8 Å². The van der Waals surface area contributed by atoms with E-state index >= 15 is 0 Å². The molecule has 0 radical (unpaired) electrons. The molecule has 0 saturated carbocycles. The molecule has 1 unspecified atom stereocenters. The summed E-state index contributed by atoms with van der Waals surface area (Å²) >= 11 is 0. The van der Waals surface area contributed by atoms with Gasteiger partial charge < -0.3 is 18.8 Å². The second-order valence-electron chi connectivity index (χ2n) is 14.2. The molecule has 0 amide bonds. The van der Waals surface area contributed by atoms with Gasteiger partial charge in [-0.25, -0.2) is 22.9 Å². The van der Waals surface area contributed by atoms with Crippen molar-refractivity contribution < 1.29 is 25.8 Å². The maximum Gasteiger partial charge on any atom is 0.306 e. The van der Waals surface area contributed by atoms with Crippen molar-refractivity contribution in [2.24, 2.45) is 0 Å². The van der Waals surface area contributed by atoms with Crippen LogP contribution in [0.1, 0.15) is 24.4 Å². The maximum atomic E-state index is 14.0. The van der Waals surface area contributed by atoms with Gasteiger partial charge in [-0.2, -0.15) is 13.5 Å². The predicted octanol–water partition coefficient (Wildman–Crippen LogP) is 5.40. The van der Waals surface area contributed by atoms with E-state index in [2.05, 4.69) is 39.6 Å². The second kappa shape index (κ2) is 14.4. The van der Waals surface area contributed by atoms with E-state index in [0.29, 0.717) is 51.6 Å². The molecule has 53 heavy (non-hydrogen) atoms. The molecule has 2 aromatic carbocycles. The molecule has 4 heterocycles. The number of rotatable bonds is 14. The highest BCUT2D eigenvalue weighted by atomic mass is 32.2. The van der Waals surface area contributed by atoms with E-state index < -0.39 is 34.3 Å². The second-order valence-corrected chi connectivity index (χ2v) is 23.1. The Morgan fingerprint density at radius 2 is 1.72 bits per heavy atom. The van der Waals surface area contributed by atoms with Gasteiger partial charge in [0, 0.05) is 38.7 Å². The van der Waals surface area contributed by atoms with Crippen LogP contribution in [0.2, 0.25) is 25.7 Å². The van der Waals surface area contributed by atoms with E-state index in [-0.39, 0.29) is 23.7 Å². The first-order chi connectivity index (χ1) is 24.9. The average molecular weight is 779 g/mol. The lowest BCUT2D eigenvalue weighted by atomic mass is 10.0. The van der Waals surface area contributed by atoms with E-state index in [0.717, 1.165) is 24.1 Å². The quantitative estimate of drug-likeness (QED) is 0.0821. The van der Waals surface area contributed by atoms with E-state index in [9.17, 15) is 21.6 Å². The van der Waals surface area contributed by atoms with Gasteiger partial charge in [0.05, 0.1) is 35.3 Å². The van der Waals surface area contributed by atoms with Crippen LogP contribution >= 0.6 is 0 Å². The Morgan fingerprint density at radius 3 is 2.40 bits per heavy atom. The minimum Gasteiger partial charge on any atom is -0.383 e. The number of para-hydroxylation sites is 1. The summed E-state index contributed by atoms with van der Waals surface area (Å²) in [5.41, 5.74) is 3.18. The van der Waals surface area contributed by atoms with Crippen molar-refractivity contribution in [2.75, 3.05) is 29.2 Å². The van der Waals surface area contributed by atoms with Crippen LogP contribution in [0.25, 0.3) is 33.4 Å². The van der Waals surface area contributed by atoms with Crippen molar-refractivity contribution in [1.82, 2.24) is 28.7 Å². The van der Waals surface area contributed by atoms with Crippen LogP contribution in [0.4, 0.5) is 11.5 Å². The fraction of sp³-hybridized carbons (Fsp3) is 0.314. The van der Waals surface area contributed by atoms with Crippen LogP contribution in [-0.4, -0.2) is 72.7 Å². The van der Waals surface area contributed by atoms with Gasteiger partial charge in [-0.05, 0) is 61.4 Å². The number of hydrogen-bond donors (Lipinski definition) is 2. The average Bonchev–Trinajstić information content (AvgIpc) is 3.62. The third-order valence-corrected chi connectivity index (χ3v) is 11.1. The predicted molar refractivity (Wildman–Crippen MR) is 209 cm³/mol. The number of nitrogens with zero attached hydrogens (tertiary/aromatic N) is 6. The first-order valence-electron chi connectivity index (χ1n) is 16.7. The highest BCUT2D eigenvalue weighted by Gasteiger charge is 2.24. The molecular formula is C35H42N8O7S2Si. The number of benzene rings is 2. The van der Waals surface area contributed by atoms with Gasteiger partial charge in [0.15, 0.2) is 5.82 Å². The fourth-order valence-electron chi connectivity index (χ4n) is 5.95. The number of ether oxygens (including phenoxy) is 1. The Bertz CT molecular complexity index is 2550. The molecule has 4 aromatic heterocycles. The van der Waals surface area contributed by atoms with Crippen LogP contribution in [0.5, 0.6) is 5.75 Å². The number of aromatic nitrogens is 6. The Balaban J connectivity index is 1.52. The summed E-state index contributed by atoms with van der Waals surface area (Å²) in [5, 5.41) is 8.85. The highest BCUT2D eigenvalue weighted by molar-refractivity contribution is 7.92. The molecule has 15 nitrogen and oxygen atoms in total. The Hall–Kier alpha value is -5.04. The molecule has 0 fully saturated rings. The van der Waals surface area contributed by atoms with E-state index in [1.54, 1.807) is 27.5 Å². The van der Waals surface area contributed by atoms with Gasteiger partial charge in [-0.15, -0.1) is 0 Å². The van der Waals surface area contributed by atoms with Crippen LogP contribution in [0.15, 0.2) is 78.1 Å². The zero-order valence-electron chi connectivity index (χ0n) is 30.5. The third kappa shape index (κ3) is 8.78. The highest BCUT2D eigenvalue weighted by Crippen LogP contribution is 2.38. The van der Waals surface area contributed by atoms with Gasteiger partial charge in [0.25, 0.3) is 5.56 Å².